The Labute approximate surface area is 159 Å². The number of aliphatic hydroxyl groups excluding tert-OH is 3. The van der Waals surface area contributed by atoms with Gasteiger partial charge in [-0.15, -0.1) is 0 Å². The predicted octanol–water partition coefficient (Wildman–Crippen LogP) is 0.0313. The van der Waals surface area contributed by atoms with Crippen LogP contribution in [0.4, 0.5) is 0 Å². The van der Waals surface area contributed by atoms with Gasteiger partial charge in [-0.1, -0.05) is 29.8 Å². The zero-order valence-electron chi connectivity index (χ0n) is 14.9. The number of nitrogens with zero attached hydrogens (tertiary/aromatic N) is 3. The third kappa shape index (κ3) is 2.72. The number of benzene rings is 1. The van der Waals surface area contributed by atoms with Crippen LogP contribution in [0.25, 0.3) is 22.2 Å². The number of aryl methyl sites for hydroxylation is 1. The second kappa shape index (κ2) is 6.97. The molecule has 0 bridgehead atoms. The smallest absolute Gasteiger partial charge is 0.330 e. The molecule has 2 heterocycles. The fraction of sp³-hybridized carbons (Fsp3) is 0.333. The van der Waals surface area contributed by atoms with Crippen LogP contribution >= 0.6 is 11.6 Å². The molecule has 8 nitrogen and oxygen atoms in total. The highest BCUT2D eigenvalue weighted by molar-refractivity contribution is 6.33. The Morgan fingerprint density at radius 3 is 2.15 bits per heavy atom. The summed E-state index contributed by atoms with van der Waals surface area (Å²) in [5.74, 6) is 0. The highest BCUT2D eigenvalue weighted by Crippen LogP contribution is 2.36. The SMILES string of the molecule is Cn1c(=O)c2c(-c3ccccc3Cl)n(C(CO)(CO)CO)cc2n(C)c1=O. The first-order valence-corrected chi connectivity index (χ1v) is 8.59. The van der Waals surface area contributed by atoms with E-state index in [0.29, 0.717) is 21.8 Å². The van der Waals surface area contributed by atoms with E-state index in [1.54, 1.807) is 24.3 Å². The Hall–Kier alpha value is -2.39. The largest absolute Gasteiger partial charge is 0.394 e. The molecule has 0 aliphatic heterocycles. The molecule has 0 aliphatic rings. The molecule has 0 fully saturated rings. The number of rotatable bonds is 5. The van der Waals surface area contributed by atoms with Crippen molar-refractivity contribution in [1.29, 1.82) is 0 Å². The van der Waals surface area contributed by atoms with E-state index in [1.165, 1.54) is 29.4 Å². The molecule has 9 heteroatoms. The normalized spacial score (nSPS) is 12.1. The van der Waals surface area contributed by atoms with E-state index in [9.17, 15) is 24.9 Å². The molecule has 0 saturated heterocycles. The minimum atomic E-state index is -1.49. The van der Waals surface area contributed by atoms with Gasteiger partial charge in [-0.3, -0.25) is 13.9 Å². The molecule has 3 rings (SSSR count). The van der Waals surface area contributed by atoms with Crippen molar-refractivity contribution in [1.82, 2.24) is 13.7 Å². The van der Waals surface area contributed by atoms with Crippen molar-refractivity contribution in [3.63, 3.8) is 0 Å². The number of fused-ring (bicyclic) bond motifs is 1. The van der Waals surface area contributed by atoms with E-state index < -0.39 is 36.6 Å². The van der Waals surface area contributed by atoms with Crippen LogP contribution in [-0.2, 0) is 19.6 Å². The Bertz CT molecular complexity index is 1120. The Morgan fingerprint density at radius 1 is 1.00 bits per heavy atom. The summed E-state index contributed by atoms with van der Waals surface area (Å²) in [5, 5.41) is 30.3. The van der Waals surface area contributed by atoms with Gasteiger partial charge in [-0.05, 0) is 6.07 Å². The molecule has 0 spiro atoms. The third-order valence-electron chi connectivity index (χ3n) is 4.96. The van der Waals surface area contributed by atoms with Crippen molar-refractivity contribution >= 4 is 22.5 Å². The lowest BCUT2D eigenvalue weighted by atomic mass is 10.0. The first kappa shape index (κ1) is 19.4. The number of hydrogen-bond donors (Lipinski definition) is 3. The van der Waals surface area contributed by atoms with E-state index in [2.05, 4.69) is 0 Å². The Kier molecular flexibility index (Phi) is 5.00. The van der Waals surface area contributed by atoms with Crippen LogP contribution in [0.5, 0.6) is 0 Å². The van der Waals surface area contributed by atoms with Gasteiger partial charge < -0.3 is 19.9 Å². The van der Waals surface area contributed by atoms with Gasteiger partial charge in [0.2, 0.25) is 0 Å². The molecule has 0 amide bonds. The summed E-state index contributed by atoms with van der Waals surface area (Å²) >= 11 is 6.35. The van der Waals surface area contributed by atoms with Crippen molar-refractivity contribution in [3.8, 4) is 11.3 Å². The van der Waals surface area contributed by atoms with E-state index in [1.807, 2.05) is 0 Å². The van der Waals surface area contributed by atoms with E-state index in [-0.39, 0.29) is 5.39 Å². The quantitative estimate of drug-likeness (QED) is 0.566. The Morgan fingerprint density at radius 2 is 1.59 bits per heavy atom. The van der Waals surface area contributed by atoms with Gasteiger partial charge in [-0.2, -0.15) is 0 Å². The van der Waals surface area contributed by atoms with Gasteiger partial charge in [0.25, 0.3) is 5.56 Å². The van der Waals surface area contributed by atoms with Crippen molar-refractivity contribution < 1.29 is 15.3 Å². The molecular formula is C18H20ClN3O5. The van der Waals surface area contributed by atoms with Gasteiger partial charge in [0, 0.05) is 30.9 Å². The molecule has 0 unspecified atom stereocenters. The first-order chi connectivity index (χ1) is 12.8. The molecule has 144 valence electrons. The zero-order chi connectivity index (χ0) is 19.9. The fourth-order valence-corrected chi connectivity index (χ4v) is 3.44. The van der Waals surface area contributed by atoms with E-state index >= 15 is 0 Å². The number of halogens is 1. The number of hydrogen-bond acceptors (Lipinski definition) is 5. The second-order valence-corrected chi connectivity index (χ2v) is 6.90. The minimum absolute atomic E-state index is 0.201. The highest BCUT2D eigenvalue weighted by atomic mass is 35.5. The molecule has 3 aromatic rings. The molecule has 0 saturated carbocycles. The van der Waals surface area contributed by atoms with Crippen molar-refractivity contribution in [3.05, 3.63) is 56.3 Å². The third-order valence-corrected chi connectivity index (χ3v) is 5.29. The van der Waals surface area contributed by atoms with Crippen LogP contribution in [-0.4, -0.2) is 48.8 Å². The topological polar surface area (TPSA) is 110 Å². The predicted molar refractivity (Wildman–Crippen MR) is 102 cm³/mol. The van der Waals surface area contributed by atoms with Crippen LogP contribution in [0.1, 0.15) is 0 Å². The van der Waals surface area contributed by atoms with Crippen molar-refractivity contribution in [2.45, 2.75) is 5.54 Å². The average molecular weight is 394 g/mol. The molecule has 1 aromatic carbocycles. The molecule has 27 heavy (non-hydrogen) atoms. The van der Waals surface area contributed by atoms with Gasteiger partial charge in [0.05, 0.1) is 36.4 Å². The van der Waals surface area contributed by atoms with Crippen LogP contribution in [0.15, 0.2) is 40.1 Å². The molecule has 0 radical (unpaired) electrons. The molecule has 2 aromatic heterocycles. The Balaban J connectivity index is 2.62. The van der Waals surface area contributed by atoms with Crippen LogP contribution < -0.4 is 11.2 Å². The van der Waals surface area contributed by atoms with E-state index in [4.69, 9.17) is 11.6 Å². The van der Waals surface area contributed by atoms with Gasteiger partial charge in [0.1, 0.15) is 5.54 Å². The summed E-state index contributed by atoms with van der Waals surface area (Å²) in [6.07, 6.45) is 1.47. The van der Waals surface area contributed by atoms with Crippen LogP contribution in [0.2, 0.25) is 5.02 Å². The maximum atomic E-state index is 12.9. The summed E-state index contributed by atoms with van der Waals surface area (Å²) in [7, 11) is 2.89. The standard InChI is InChI=1S/C18H20ClN3O5/c1-20-13-7-22(18(8-23,9-24)10-25)15(11-5-3-4-6-12(11)19)14(13)16(26)21(2)17(20)27/h3-7,23-25H,8-10H2,1-2H3. The molecule has 3 N–H and O–H groups in total. The second-order valence-electron chi connectivity index (χ2n) is 6.49. The lowest BCUT2D eigenvalue weighted by molar-refractivity contribution is 0.0168. The zero-order valence-corrected chi connectivity index (χ0v) is 15.6. The average Bonchev–Trinajstić information content (AvgIpc) is 3.08. The molecule has 0 atom stereocenters. The lowest BCUT2D eigenvalue weighted by Crippen LogP contribution is -2.44. The lowest BCUT2D eigenvalue weighted by Gasteiger charge is -2.31. The first-order valence-electron chi connectivity index (χ1n) is 8.22. The summed E-state index contributed by atoms with van der Waals surface area (Å²) in [5.41, 5.74) is -1.46. The number of aliphatic hydroxyl groups is 3. The molecule has 0 aliphatic carbocycles. The van der Waals surface area contributed by atoms with Crippen molar-refractivity contribution in [2.75, 3.05) is 19.8 Å². The maximum Gasteiger partial charge on any atom is 0.330 e. The monoisotopic (exact) mass is 393 g/mol. The summed E-state index contributed by atoms with van der Waals surface area (Å²) in [4.78, 5) is 25.2. The van der Waals surface area contributed by atoms with E-state index in [0.717, 1.165) is 4.57 Å². The van der Waals surface area contributed by atoms with Gasteiger partial charge in [0.15, 0.2) is 0 Å². The summed E-state index contributed by atoms with van der Waals surface area (Å²) < 4.78 is 3.70. The highest BCUT2D eigenvalue weighted by Gasteiger charge is 2.35. The summed E-state index contributed by atoms with van der Waals surface area (Å²) in [6.45, 7) is -1.77. The van der Waals surface area contributed by atoms with Gasteiger partial charge >= 0.3 is 5.69 Å². The molecular weight excluding hydrogens is 374 g/mol. The minimum Gasteiger partial charge on any atom is -0.394 e. The van der Waals surface area contributed by atoms with Crippen molar-refractivity contribution in [2.24, 2.45) is 14.1 Å². The number of aromatic nitrogens is 3. The van der Waals surface area contributed by atoms with Crippen LogP contribution in [0.3, 0.4) is 0 Å². The fourth-order valence-electron chi connectivity index (χ4n) is 3.21. The van der Waals surface area contributed by atoms with Crippen LogP contribution in [0, 0.1) is 0 Å². The summed E-state index contributed by atoms with van der Waals surface area (Å²) in [6, 6.07) is 6.79. The van der Waals surface area contributed by atoms with Gasteiger partial charge in [-0.25, -0.2) is 4.79 Å². The maximum absolute atomic E-state index is 12.9.